The molecule has 4 N–H and O–H groups in total. The summed E-state index contributed by atoms with van der Waals surface area (Å²) >= 11 is 6.01. The van der Waals surface area contributed by atoms with Crippen LogP contribution >= 0.6 is 11.6 Å². The number of nitrogens with one attached hydrogen (secondary N) is 4. The van der Waals surface area contributed by atoms with Gasteiger partial charge in [0.15, 0.2) is 0 Å². The summed E-state index contributed by atoms with van der Waals surface area (Å²) in [6.45, 7) is 1.80. The van der Waals surface area contributed by atoms with Crippen LogP contribution < -0.4 is 21.3 Å². The Bertz CT molecular complexity index is 1090. The second-order valence-electron chi connectivity index (χ2n) is 9.41. The number of benzene rings is 1. The van der Waals surface area contributed by atoms with Crippen molar-refractivity contribution in [1.29, 1.82) is 0 Å². The van der Waals surface area contributed by atoms with Crippen molar-refractivity contribution in [3.63, 3.8) is 0 Å². The van der Waals surface area contributed by atoms with Crippen LogP contribution in [-0.2, 0) is 19.2 Å². The normalized spacial score (nSPS) is 25.3. The smallest absolute Gasteiger partial charge is 0.289 e. The van der Waals surface area contributed by atoms with Crippen molar-refractivity contribution in [1.82, 2.24) is 16.0 Å². The number of hydrogen-bond acceptors (Lipinski definition) is 5. The standard InChI is InChI=1S/C23H25ClF2N4O5/c1-10-6-11(19(32)27-10)7-17(18(31)22(35)28-13-3-4-13)30-20(33)14-8-12(24)2-5-16(14)29-21(34)15-9-23(15,25)26/h2,5,8,10-11,13,15,17H,3-4,6-7,9H2,1H3,(H,27,32)(H,28,35)(H,29,34)(H,30,33)/t10-,11+,15-,17?/m1/s1. The van der Waals surface area contributed by atoms with Crippen molar-refractivity contribution in [3.8, 4) is 0 Å². The van der Waals surface area contributed by atoms with Gasteiger partial charge in [-0.2, -0.15) is 0 Å². The third kappa shape index (κ3) is 5.95. The second kappa shape index (κ2) is 9.52. The Hall–Kier alpha value is -3.08. The van der Waals surface area contributed by atoms with Gasteiger partial charge in [-0.15, -0.1) is 0 Å². The molecule has 12 heteroatoms. The van der Waals surface area contributed by atoms with Crippen molar-refractivity contribution >= 4 is 46.7 Å². The molecule has 3 fully saturated rings. The van der Waals surface area contributed by atoms with Crippen LogP contribution in [0.4, 0.5) is 14.5 Å². The summed E-state index contributed by atoms with van der Waals surface area (Å²) in [6.07, 6.45) is 1.25. The molecule has 2 saturated carbocycles. The minimum absolute atomic E-state index is 0.0690. The zero-order valence-corrected chi connectivity index (χ0v) is 19.6. The van der Waals surface area contributed by atoms with E-state index in [1.807, 2.05) is 0 Å². The molecule has 0 radical (unpaired) electrons. The molecule has 4 atom stereocenters. The van der Waals surface area contributed by atoms with E-state index in [-0.39, 0.29) is 40.7 Å². The van der Waals surface area contributed by atoms with E-state index in [0.29, 0.717) is 6.42 Å². The number of ketones is 1. The third-order valence-electron chi connectivity index (χ3n) is 6.30. The minimum Gasteiger partial charge on any atom is -0.353 e. The van der Waals surface area contributed by atoms with Crippen LogP contribution in [0.2, 0.25) is 5.02 Å². The first-order valence-electron chi connectivity index (χ1n) is 11.4. The quantitative estimate of drug-likeness (QED) is 0.376. The van der Waals surface area contributed by atoms with Crippen molar-refractivity contribution < 1.29 is 32.8 Å². The van der Waals surface area contributed by atoms with Crippen molar-refractivity contribution in [2.24, 2.45) is 11.8 Å². The van der Waals surface area contributed by atoms with Gasteiger partial charge in [0.2, 0.25) is 17.6 Å². The van der Waals surface area contributed by atoms with Crippen LogP contribution in [0.5, 0.6) is 0 Å². The molecule has 4 amide bonds. The van der Waals surface area contributed by atoms with Gasteiger partial charge in [-0.3, -0.25) is 24.0 Å². The monoisotopic (exact) mass is 510 g/mol. The van der Waals surface area contributed by atoms with Crippen molar-refractivity contribution in [2.75, 3.05) is 5.32 Å². The van der Waals surface area contributed by atoms with E-state index in [4.69, 9.17) is 11.6 Å². The Balaban J connectivity index is 1.53. The predicted molar refractivity (Wildman–Crippen MR) is 121 cm³/mol. The molecule has 0 aromatic heterocycles. The van der Waals surface area contributed by atoms with E-state index in [0.717, 1.165) is 12.8 Å². The molecular formula is C23H25ClF2N4O5. The van der Waals surface area contributed by atoms with E-state index in [1.54, 1.807) is 6.92 Å². The molecule has 35 heavy (non-hydrogen) atoms. The number of amides is 4. The number of anilines is 1. The number of hydrogen-bond donors (Lipinski definition) is 4. The molecule has 0 bridgehead atoms. The van der Waals surface area contributed by atoms with Gasteiger partial charge in [-0.05, 0) is 50.8 Å². The maximum Gasteiger partial charge on any atom is 0.289 e. The fourth-order valence-corrected chi connectivity index (χ4v) is 4.25. The molecule has 0 spiro atoms. The van der Waals surface area contributed by atoms with E-state index in [1.165, 1.54) is 18.2 Å². The van der Waals surface area contributed by atoms with Crippen LogP contribution in [0.3, 0.4) is 0 Å². The molecule has 1 heterocycles. The van der Waals surface area contributed by atoms with Crippen LogP contribution in [0.1, 0.15) is 49.4 Å². The zero-order chi connectivity index (χ0) is 25.5. The first-order valence-corrected chi connectivity index (χ1v) is 11.8. The summed E-state index contributed by atoms with van der Waals surface area (Å²) in [4.78, 5) is 62.9. The molecule has 1 unspecified atom stereocenters. The minimum atomic E-state index is -3.09. The lowest BCUT2D eigenvalue weighted by Crippen LogP contribution is -2.49. The van der Waals surface area contributed by atoms with E-state index in [2.05, 4.69) is 21.3 Å². The number of Topliss-reactive ketones (excluding diaryl/α,β-unsaturated/α-hetero) is 1. The Morgan fingerprint density at radius 2 is 1.91 bits per heavy atom. The highest BCUT2D eigenvalue weighted by Crippen LogP contribution is 2.49. The second-order valence-corrected chi connectivity index (χ2v) is 9.85. The molecule has 1 aliphatic heterocycles. The summed E-state index contributed by atoms with van der Waals surface area (Å²) < 4.78 is 26.6. The SMILES string of the molecule is C[C@@H]1C[C@@H](CC(NC(=O)c2cc(Cl)ccc2NC(=O)[C@H]2CC2(F)F)C(=O)C(=O)NC2CC2)C(=O)N1. The molecule has 1 aromatic rings. The van der Waals surface area contributed by atoms with Gasteiger partial charge < -0.3 is 21.3 Å². The fraction of sp³-hybridized carbons (Fsp3) is 0.522. The Kier molecular flexibility index (Phi) is 6.81. The molecule has 188 valence electrons. The van der Waals surface area contributed by atoms with Crippen molar-refractivity contribution in [3.05, 3.63) is 28.8 Å². The topological polar surface area (TPSA) is 133 Å². The number of carbonyl (C=O) groups is 5. The molecule has 1 saturated heterocycles. The van der Waals surface area contributed by atoms with Gasteiger partial charge in [0.1, 0.15) is 5.92 Å². The maximum atomic E-state index is 13.3. The van der Waals surface area contributed by atoms with Crippen LogP contribution in [0, 0.1) is 11.8 Å². The number of alkyl halides is 2. The molecular weight excluding hydrogens is 486 g/mol. The van der Waals surface area contributed by atoms with Gasteiger partial charge in [0.05, 0.1) is 17.3 Å². The Morgan fingerprint density at radius 3 is 2.49 bits per heavy atom. The van der Waals surface area contributed by atoms with Crippen LogP contribution in [-0.4, -0.2) is 53.5 Å². The molecule has 3 aliphatic rings. The first-order chi connectivity index (χ1) is 16.4. The maximum absolute atomic E-state index is 13.3. The van der Waals surface area contributed by atoms with E-state index < -0.39 is 53.7 Å². The average Bonchev–Trinajstić information content (AvgIpc) is 3.68. The summed E-state index contributed by atoms with van der Waals surface area (Å²) in [5.74, 6) is -9.02. The molecule has 2 aliphatic carbocycles. The van der Waals surface area contributed by atoms with Crippen molar-refractivity contribution in [2.45, 2.75) is 63.1 Å². The van der Waals surface area contributed by atoms with Gasteiger partial charge in [0, 0.05) is 29.4 Å². The third-order valence-corrected chi connectivity index (χ3v) is 6.54. The predicted octanol–water partition coefficient (Wildman–Crippen LogP) is 1.79. The highest BCUT2D eigenvalue weighted by Gasteiger charge is 2.61. The van der Waals surface area contributed by atoms with Crippen LogP contribution in [0.15, 0.2) is 18.2 Å². The lowest BCUT2D eigenvalue weighted by Gasteiger charge is -2.21. The lowest BCUT2D eigenvalue weighted by atomic mass is 9.93. The number of carbonyl (C=O) groups excluding carboxylic acids is 5. The Labute approximate surface area is 204 Å². The van der Waals surface area contributed by atoms with Crippen LogP contribution in [0.25, 0.3) is 0 Å². The highest BCUT2D eigenvalue weighted by molar-refractivity contribution is 6.38. The van der Waals surface area contributed by atoms with Gasteiger partial charge in [-0.25, -0.2) is 8.78 Å². The lowest BCUT2D eigenvalue weighted by molar-refractivity contribution is -0.139. The Morgan fingerprint density at radius 1 is 1.23 bits per heavy atom. The molecule has 9 nitrogen and oxygen atoms in total. The number of rotatable bonds is 9. The highest BCUT2D eigenvalue weighted by atomic mass is 35.5. The summed E-state index contributed by atoms with van der Waals surface area (Å²) in [5, 5.41) is 10.2. The zero-order valence-electron chi connectivity index (χ0n) is 18.8. The summed E-state index contributed by atoms with van der Waals surface area (Å²) in [5.41, 5.74) is -0.236. The molecule has 1 aromatic carbocycles. The average molecular weight is 511 g/mol. The first kappa shape index (κ1) is 25.0. The fourth-order valence-electron chi connectivity index (χ4n) is 4.08. The van der Waals surface area contributed by atoms with Gasteiger partial charge in [0.25, 0.3) is 17.7 Å². The van der Waals surface area contributed by atoms with Gasteiger partial charge in [-0.1, -0.05) is 11.6 Å². The largest absolute Gasteiger partial charge is 0.353 e. The summed E-state index contributed by atoms with van der Waals surface area (Å²) in [6, 6.07) is 2.35. The number of halogens is 3. The van der Waals surface area contributed by atoms with E-state index in [9.17, 15) is 32.8 Å². The van der Waals surface area contributed by atoms with Gasteiger partial charge >= 0.3 is 0 Å². The summed E-state index contributed by atoms with van der Waals surface area (Å²) in [7, 11) is 0. The molecule has 4 rings (SSSR count). The van der Waals surface area contributed by atoms with E-state index >= 15 is 0 Å².